The maximum absolute atomic E-state index is 9.47. The third-order valence-corrected chi connectivity index (χ3v) is 1.70. The lowest BCUT2D eigenvalue weighted by atomic mass is 10.2. The van der Waals surface area contributed by atoms with Crippen LogP contribution >= 0.6 is 0 Å². The van der Waals surface area contributed by atoms with Crippen molar-refractivity contribution >= 4 is 11.7 Å². The van der Waals surface area contributed by atoms with Crippen LogP contribution in [0.3, 0.4) is 0 Å². The molecular formula is C9H8N3O. The van der Waals surface area contributed by atoms with Gasteiger partial charge in [-0.2, -0.15) is 0 Å². The summed E-state index contributed by atoms with van der Waals surface area (Å²) in [6, 6.07) is 6.93. The summed E-state index contributed by atoms with van der Waals surface area (Å²) in [7, 11) is 0. The molecule has 1 aliphatic rings. The van der Waals surface area contributed by atoms with Crippen LogP contribution in [-0.4, -0.2) is 16.8 Å². The zero-order chi connectivity index (χ0) is 9.26. The zero-order valence-electron chi connectivity index (χ0n) is 7.10. The second-order valence-corrected chi connectivity index (χ2v) is 2.70. The van der Waals surface area contributed by atoms with E-state index in [9.17, 15) is 5.11 Å². The second kappa shape index (κ2) is 2.90. The highest BCUT2D eigenvalue weighted by Gasteiger charge is 2.14. The monoisotopic (exact) mass is 174 g/mol. The van der Waals surface area contributed by atoms with Crippen molar-refractivity contribution < 1.29 is 5.11 Å². The predicted molar refractivity (Wildman–Crippen MR) is 49.9 cm³/mol. The lowest BCUT2D eigenvalue weighted by Crippen LogP contribution is -2.16. The van der Waals surface area contributed by atoms with E-state index < -0.39 is 0 Å². The number of phenols is 1. The van der Waals surface area contributed by atoms with E-state index in [-0.39, 0.29) is 5.75 Å². The summed E-state index contributed by atoms with van der Waals surface area (Å²) in [6.45, 7) is 1.76. The van der Waals surface area contributed by atoms with Gasteiger partial charge in [0.2, 0.25) is 0 Å². The predicted octanol–water partition coefficient (Wildman–Crippen LogP) is 1.09. The molecule has 65 valence electrons. The topological polar surface area (TPSA) is 59.1 Å². The summed E-state index contributed by atoms with van der Waals surface area (Å²) in [4.78, 5) is 0. The van der Waals surface area contributed by atoms with Gasteiger partial charge in [-0.25, -0.2) is 5.32 Å². The SMILES string of the molecule is CC1=NN=C(c2ccccc2O)[N]1. The minimum absolute atomic E-state index is 0.176. The Labute approximate surface area is 75.6 Å². The molecule has 0 unspecified atom stereocenters. The van der Waals surface area contributed by atoms with Crippen LogP contribution < -0.4 is 5.32 Å². The van der Waals surface area contributed by atoms with Gasteiger partial charge in [-0.1, -0.05) is 12.1 Å². The van der Waals surface area contributed by atoms with Crippen LogP contribution in [0.5, 0.6) is 5.75 Å². The van der Waals surface area contributed by atoms with Crippen molar-refractivity contribution in [3.8, 4) is 5.75 Å². The lowest BCUT2D eigenvalue weighted by Gasteiger charge is -2.01. The van der Waals surface area contributed by atoms with Crippen LogP contribution in [-0.2, 0) is 0 Å². The van der Waals surface area contributed by atoms with Crippen molar-refractivity contribution in [3.05, 3.63) is 29.8 Å². The highest BCUT2D eigenvalue weighted by molar-refractivity contribution is 6.12. The molecule has 1 aliphatic heterocycles. The summed E-state index contributed by atoms with van der Waals surface area (Å²) in [5.74, 6) is 1.25. The largest absolute Gasteiger partial charge is 0.507 e. The Kier molecular flexibility index (Phi) is 1.73. The van der Waals surface area contributed by atoms with Crippen LogP contribution in [0.15, 0.2) is 34.5 Å². The fraction of sp³-hybridized carbons (Fsp3) is 0.111. The van der Waals surface area contributed by atoms with E-state index in [0.29, 0.717) is 17.2 Å². The number of benzene rings is 1. The molecule has 1 radical (unpaired) electrons. The first-order valence-corrected chi connectivity index (χ1v) is 3.90. The van der Waals surface area contributed by atoms with E-state index in [1.54, 1.807) is 25.1 Å². The zero-order valence-corrected chi connectivity index (χ0v) is 7.10. The van der Waals surface area contributed by atoms with Gasteiger partial charge in [0.25, 0.3) is 0 Å². The molecule has 13 heavy (non-hydrogen) atoms. The molecule has 1 aromatic carbocycles. The van der Waals surface area contributed by atoms with E-state index in [4.69, 9.17) is 0 Å². The van der Waals surface area contributed by atoms with Gasteiger partial charge in [0.05, 0.1) is 5.56 Å². The van der Waals surface area contributed by atoms with Gasteiger partial charge in [-0.3, -0.25) is 0 Å². The molecule has 0 amide bonds. The van der Waals surface area contributed by atoms with Crippen LogP contribution in [0.4, 0.5) is 0 Å². The molecule has 0 aromatic heterocycles. The molecule has 1 N–H and O–H groups in total. The van der Waals surface area contributed by atoms with Gasteiger partial charge in [0, 0.05) is 0 Å². The molecule has 2 rings (SSSR count). The first-order chi connectivity index (χ1) is 6.27. The van der Waals surface area contributed by atoms with Gasteiger partial charge in [0.1, 0.15) is 11.6 Å². The van der Waals surface area contributed by atoms with Crippen molar-refractivity contribution in [2.75, 3.05) is 0 Å². The highest BCUT2D eigenvalue weighted by Crippen LogP contribution is 2.17. The highest BCUT2D eigenvalue weighted by atomic mass is 16.3. The summed E-state index contributed by atoms with van der Waals surface area (Å²) >= 11 is 0. The Bertz CT molecular complexity index is 396. The Hall–Kier alpha value is -1.84. The minimum Gasteiger partial charge on any atom is -0.507 e. The Morgan fingerprint density at radius 2 is 1.92 bits per heavy atom. The smallest absolute Gasteiger partial charge is 0.187 e. The Morgan fingerprint density at radius 1 is 1.15 bits per heavy atom. The first kappa shape index (κ1) is 7.79. The van der Waals surface area contributed by atoms with Crippen LogP contribution in [0, 0.1) is 0 Å². The number of aromatic hydroxyl groups is 1. The van der Waals surface area contributed by atoms with Gasteiger partial charge in [-0.15, -0.1) is 10.2 Å². The summed E-state index contributed by atoms with van der Waals surface area (Å²) in [5, 5.41) is 21.1. The second-order valence-electron chi connectivity index (χ2n) is 2.70. The molecule has 0 fully saturated rings. The lowest BCUT2D eigenvalue weighted by molar-refractivity contribution is 0.474. The maximum Gasteiger partial charge on any atom is 0.187 e. The third kappa shape index (κ3) is 1.38. The van der Waals surface area contributed by atoms with Crippen molar-refractivity contribution in [2.45, 2.75) is 6.92 Å². The molecule has 4 heteroatoms. The van der Waals surface area contributed by atoms with Gasteiger partial charge in [0.15, 0.2) is 5.84 Å². The molecule has 0 aliphatic carbocycles. The van der Waals surface area contributed by atoms with Crippen molar-refractivity contribution in [1.82, 2.24) is 5.32 Å². The van der Waals surface area contributed by atoms with Crippen LogP contribution in [0.1, 0.15) is 12.5 Å². The van der Waals surface area contributed by atoms with Crippen LogP contribution in [0.2, 0.25) is 0 Å². The van der Waals surface area contributed by atoms with E-state index in [2.05, 4.69) is 15.5 Å². The standard InChI is InChI=1S/C9H8N3O/c1-6-10-9(12-11-6)7-4-2-3-5-8(7)13/h2-5,13H,1H3. The average molecular weight is 174 g/mol. The van der Waals surface area contributed by atoms with E-state index in [1.165, 1.54) is 0 Å². The molecule has 0 saturated carbocycles. The fourth-order valence-corrected chi connectivity index (χ4v) is 1.09. The molecule has 4 nitrogen and oxygen atoms in total. The summed E-state index contributed by atoms with van der Waals surface area (Å²) < 4.78 is 0. The molecule has 0 spiro atoms. The number of para-hydroxylation sites is 1. The molecule has 0 saturated heterocycles. The number of hydrogen-bond acceptors (Lipinski definition) is 3. The summed E-state index contributed by atoms with van der Waals surface area (Å²) in [6.07, 6.45) is 0. The quantitative estimate of drug-likeness (QED) is 0.680. The van der Waals surface area contributed by atoms with Gasteiger partial charge < -0.3 is 5.11 Å². The van der Waals surface area contributed by atoms with Crippen molar-refractivity contribution in [3.63, 3.8) is 0 Å². The number of hydrogen-bond donors (Lipinski definition) is 1. The van der Waals surface area contributed by atoms with Gasteiger partial charge >= 0.3 is 0 Å². The fourth-order valence-electron chi connectivity index (χ4n) is 1.09. The van der Waals surface area contributed by atoms with E-state index in [0.717, 1.165) is 0 Å². The molecular weight excluding hydrogens is 166 g/mol. The molecule has 0 bridgehead atoms. The first-order valence-electron chi connectivity index (χ1n) is 3.90. The average Bonchev–Trinajstić information content (AvgIpc) is 2.53. The maximum atomic E-state index is 9.47. The third-order valence-electron chi connectivity index (χ3n) is 1.70. The molecule has 1 heterocycles. The van der Waals surface area contributed by atoms with Crippen molar-refractivity contribution in [1.29, 1.82) is 0 Å². The van der Waals surface area contributed by atoms with Crippen molar-refractivity contribution in [2.24, 2.45) is 10.2 Å². The number of nitrogens with zero attached hydrogens (tertiary/aromatic N) is 3. The van der Waals surface area contributed by atoms with E-state index >= 15 is 0 Å². The number of amidine groups is 2. The molecule has 0 atom stereocenters. The summed E-state index contributed by atoms with van der Waals surface area (Å²) in [5.41, 5.74) is 0.614. The minimum atomic E-state index is 0.176. The van der Waals surface area contributed by atoms with Crippen LogP contribution in [0.25, 0.3) is 0 Å². The van der Waals surface area contributed by atoms with E-state index in [1.807, 2.05) is 6.07 Å². The Morgan fingerprint density at radius 3 is 2.54 bits per heavy atom. The van der Waals surface area contributed by atoms with Gasteiger partial charge in [-0.05, 0) is 19.1 Å². The Balaban J connectivity index is 2.34. The normalized spacial score (nSPS) is 14.8. The molecule has 1 aromatic rings. The number of phenolic OH excluding ortho intramolecular Hbond substituents is 1. The number of rotatable bonds is 1.